The van der Waals surface area contributed by atoms with E-state index in [4.69, 9.17) is 0 Å². The number of amides is 1. The summed E-state index contributed by atoms with van der Waals surface area (Å²) in [5.41, 5.74) is 1.70. The van der Waals surface area contributed by atoms with Crippen LogP contribution in [0.3, 0.4) is 0 Å². The normalized spacial score (nSPS) is 16.2. The Kier molecular flexibility index (Phi) is 7.18. The molecular weight excluding hydrogens is 410 g/mol. The molecule has 1 aromatic heterocycles. The highest BCUT2D eigenvalue weighted by atomic mass is 35.5. The van der Waals surface area contributed by atoms with Gasteiger partial charge in [0.2, 0.25) is 0 Å². The monoisotopic (exact) mass is 432 g/mol. The van der Waals surface area contributed by atoms with Gasteiger partial charge in [-0.3, -0.25) is 9.48 Å². The van der Waals surface area contributed by atoms with Crippen LogP contribution < -0.4 is 10.6 Å². The van der Waals surface area contributed by atoms with Gasteiger partial charge in [0.15, 0.2) is 0 Å². The minimum atomic E-state index is -0.551. The Morgan fingerprint density at radius 2 is 1.63 bits per heavy atom. The largest absolute Gasteiger partial charge is 0.340 e. The zero-order valence-electron chi connectivity index (χ0n) is 16.2. The summed E-state index contributed by atoms with van der Waals surface area (Å²) in [6.45, 7) is 1.83. The molecule has 8 heteroatoms. The van der Waals surface area contributed by atoms with Crippen molar-refractivity contribution in [2.75, 3.05) is 13.1 Å². The van der Waals surface area contributed by atoms with Gasteiger partial charge in [-0.2, -0.15) is 5.10 Å². The first kappa shape index (κ1) is 21.9. The zero-order chi connectivity index (χ0) is 20.2. The van der Waals surface area contributed by atoms with E-state index in [1.165, 1.54) is 24.3 Å². The van der Waals surface area contributed by atoms with E-state index in [-0.39, 0.29) is 36.0 Å². The average Bonchev–Trinajstić information content (AvgIpc) is 3.25. The van der Waals surface area contributed by atoms with Crippen LogP contribution in [0.15, 0.2) is 60.8 Å². The lowest BCUT2D eigenvalue weighted by Crippen LogP contribution is -2.32. The molecule has 5 nitrogen and oxygen atoms in total. The van der Waals surface area contributed by atoms with E-state index in [9.17, 15) is 13.6 Å². The minimum Gasteiger partial charge on any atom is -0.340 e. The number of piperidine rings is 1. The molecule has 0 aliphatic carbocycles. The van der Waals surface area contributed by atoms with Gasteiger partial charge in [-0.1, -0.05) is 24.3 Å². The van der Waals surface area contributed by atoms with E-state index >= 15 is 0 Å². The number of nitrogens with zero attached hydrogens (tertiary/aromatic N) is 2. The van der Waals surface area contributed by atoms with Gasteiger partial charge in [0.1, 0.15) is 17.3 Å². The van der Waals surface area contributed by atoms with Crippen molar-refractivity contribution in [1.29, 1.82) is 0 Å². The molecule has 1 aliphatic rings. The second-order valence-electron chi connectivity index (χ2n) is 7.19. The number of nitrogens with one attached hydrogen (secondary N) is 2. The van der Waals surface area contributed by atoms with Crippen LogP contribution in [0, 0.1) is 11.6 Å². The maximum absolute atomic E-state index is 13.4. The van der Waals surface area contributed by atoms with Crippen molar-refractivity contribution in [3.8, 4) is 0 Å². The summed E-state index contributed by atoms with van der Waals surface area (Å²) in [5, 5.41) is 10.7. The molecule has 0 bridgehead atoms. The van der Waals surface area contributed by atoms with E-state index in [0.29, 0.717) is 16.8 Å². The third-order valence-electron chi connectivity index (χ3n) is 5.17. The van der Waals surface area contributed by atoms with Gasteiger partial charge in [0.05, 0.1) is 12.1 Å². The summed E-state index contributed by atoms with van der Waals surface area (Å²) in [7, 11) is 0. The molecule has 1 unspecified atom stereocenters. The number of hydrogen-bond donors (Lipinski definition) is 2. The van der Waals surface area contributed by atoms with Gasteiger partial charge in [-0.05, 0) is 60.8 Å². The van der Waals surface area contributed by atoms with Crippen LogP contribution in [0.1, 0.15) is 46.5 Å². The first-order chi connectivity index (χ1) is 14.1. The number of benzene rings is 2. The Labute approximate surface area is 179 Å². The molecule has 1 amide bonds. The molecular formula is C22H23ClF2N4O. The lowest BCUT2D eigenvalue weighted by Gasteiger charge is -2.23. The molecule has 158 valence electrons. The summed E-state index contributed by atoms with van der Waals surface area (Å²) in [5.74, 6) is -1.07. The van der Waals surface area contributed by atoms with Crippen molar-refractivity contribution in [1.82, 2.24) is 20.4 Å². The summed E-state index contributed by atoms with van der Waals surface area (Å²) < 4.78 is 28.5. The predicted molar refractivity (Wildman–Crippen MR) is 113 cm³/mol. The second-order valence-corrected chi connectivity index (χ2v) is 7.19. The highest BCUT2D eigenvalue weighted by Crippen LogP contribution is 2.23. The van der Waals surface area contributed by atoms with Crippen LogP contribution in [0.5, 0.6) is 0 Å². The number of halogens is 3. The highest BCUT2D eigenvalue weighted by molar-refractivity contribution is 5.92. The molecule has 2 heterocycles. The molecule has 0 saturated carbocycles. The molecule has 2 N–H and O–H groups in total. The fourth-order valence-corrected chi connectivity index (χ4v) is 3.60. The van der Waals surface area contributed by atoms with E-state index in [1.54, 1.807) is 30.3 Å². The maximum atomic E-state index is 13.4. The predicted octanol–water partition coefficient (Wildman–Crippen LogP) is 4.03. The summed E-state index contributed by atoms with van der Waals surface area (Å²) in [4.78, 5) is 12.9. The van der Waals surface area contributed by atoms with Gasteiger partial charge < -0.3 is 10.6 Å². The van der Waals surface area contributed by atoms with Crippen LogP contribution in [0.4, 0.5) is 8.78 Å². The van der Waals surface area contributed by atoms with Crippen molar-refractivity contribution in [2.24, 2.45) is 0 Å². The molecule has 1 saturated heterocycles. The van der Waals surface area contributed by atoms with Crippen molar-refractivity contribution in [3.05, 3.63) is 89.2 Å². The maximum Gasteiger partial charge on any atom is 0.272 e. The fraction of sp³-hybridized carbons (Fsp3) is 0.273. The number of aromatic nitrogens is 2. The summed E-state index contributed by atoms with van der Waals surface area (Å²) >= 11 is 0. The minimum absolute atomic E-state index is 0. The van der Waals surface area contributed by atoms with Crippen molar-refractivity contribution < 1.29 is 13.6 Å². The Hall–Kier alpha value is -2.77. The SMILES string of the molecule is Cl.O=C(NC(c1ccc(F)cc1)c1ccc(F)cc1)c1ccn(C2CCCNC2)n1. The fourth-order valence-electron chi connectivity index (χ4n) is 3.60. The van der Waals surface area contributed by atoms with Gasteiger partial charge in [-0.25, -0.2) is 8.78 Å². The van der Waals surface area contributed by atoms with Crippen LogP contribution in [-0.2, 0) is 0 Å². The van der Waals surface area contributed by atoms with E-state index in [2.05, 4.69) is 15.7 Å². The molecule has 3 aromatic rings. The smallest absolute Gasteiger partial charge is 0.272 e. The standard InChI is InChI=1S/C22H22F2N4O.ClH/c23-17-7-3-15(4-8-17)21(16-5-9-18(24)10-6-16)26-22(29)20-11-13-28(27-20)19-2-1-12-25-14-19;/h3-11,13,19,21,25H,1-2,12,14H2,(H,26,29);1H. The van der Waals surface area contributed by atoms with Crippen molar-refractivity contribution in [2.45, 2.75) is 24.9 Å². The highest BCUT2D eigenvalue weighted by Gasteiger charge is 2.21. The number of carbonyl (C=O) groups excluding carboxylic acids is 1. The van der Waals surface area contributed by atoms with E-state index < -0.39 is 6.04 Å². The Morgan fingerprint density at radius 1 is 1.03 bits per heavy atom. The number of rotatable bonds is 5. The Morgan fingerprint density at radius 3 is 2.17 bits per heavy atom. The number of hydrogen-bond acceptors (Lipinski definition) is 3. The second kappa shape index (κ2) is 9.82. The van der Waals surface area contributed by atoms with Gasteiger partial charge in [0, 0.05) is 12.7 Å². The van der Waals surface area contributed by atoms with Crippen LogP contribution >= 0.6 is 12.4 Å². The van der Waals surface area contributed by atoms with Crippen molar-refractivity contribution in [3.63, 3.8) is 0 Å². The number of carbonyl (C=O) groups is 1. The van der Waals surface area contributed by atoms with Gasteiger partial charge in [0.25, 0.3) is 5.91 Å². The summed E-state index contributed by atoms with van der Waals surface area (Å²) in [6.07, 6.45) is 3.91. The molecule has 2 aromatic carbocycles. The third kappa shape index (κ3) is 5.04. The van der Waals surface area contributed by atoms with E-state index in [1.807, 2.05) is 10.9 Å². The lowest BCUT2D eigenvalue weighted by atomic mass is 9.98. The van der Waals surface area contributed by atoms with Gasteiger partial charge in [-0.15, -0.1) is 12.4 Å². The molecule has 1 atom stereocenters. The third-order valence-corrected chi connectivity index (χ3v) is 5.17. The quantitative estimate of drug-likeness (QED) is 0.640. The Balaban J connectivity index is 0.00000256. The first-order valence-electron chi connectivity index (χ1n) is 9.68. The van der Waals surface area contributed by atoms with Crippen LogP contribution in [-0.4, -0.2) is 28.8 Å². The molecule has 4 rings (SSSR count). The van der Waals surface area contributed by atoms with Crippen molar-refractivity contribution >= 4 is 18.3 Å². The van der Waals surface area contributed by atoms with Crippen LogP contribution in [0.2, 0.25) is 0 Å². The topological polar surface area (TPSA) is 59.0 Å². The summed E-state index contributed by atoms with van der Waals surface area (Å²) in [6, 6.07) is 13.1. The zero-order valence-corrected chi connectivity index (χ0v) is 17.0. The average molecular weight is 433 g/mol. The molecule has 0 spiro atoms. The lowest BCUT2D eigenvalue weighted by molar-refractivity contribution is 0.0936. The molecule has 1 fully saturated rings. The van der Waals surface area contributed by atoms with Gasteiger partial charge >= 0.3 is 0 Å². The van der Waals surface area contributed by atoms with Crippen LogP contribution in [0.25, 0.3) is 0 Å². The molecule has 0 radical (unpaired) electrons. The molecule has 30 heavy (non-hydrogen) atoms. The Bertz CT molecular complexity index is 924. The van der Waals surface area contributed by atoms with E-state index in [0.717, 1.165) is 25.9 Å². The molecule has 1 aliphatic heterocycles. The first-order valence-corrected chi connectivity index (χ1v) is 9.68.